The number of hydrogen-bond donors (Lipinski definition) is 1. The highest BCUT2D eigenvalue weighted by molar-refractivity contribution is 5.04. The minimum atomic E-state index is 0.385. The van der Waals surface area contributed by atoms with Gasteiger partial charge < -0.3 is 9.88 Å². The van der Waals surface area contributed by atoms with E-state index in [1.54, 1.807) is 0 Å². The van der Waals surface area contributed by atoms with E-state index in [2.05, 4.69) is 37.3 Å². The molecule has 0 aromatic carbocycles. The van der Waals surface area contributed by atoms with E-state index in [-0.39, 0.29) is 0 Å². The molecule has 3 nitrogen and oxygen atoms in total. The molecule has 0 aliphatic rings. The second kappa shape index (κ2) is 5.15. The maximum absolute atomic E-state index is 4.39. The van der Waals surface area contributed by atoms with Crippen molar-refractivity contribution in [2.45, 2.75) is 33.2 Å². The lowest BCUT2D eigenvalue weighted by atomic mass is 10.0. The number of nitrogens with zero attached hydrogens (tertiary/aromatic N) is 2. The lowest BCUT2D eigenvalue weighted by molar-refractivity contribution is 0.405. The lowest BCUT2D eigenvalue weighted by Gasteiger charge is -2.20. The molecule has 0 spiro atoms. The second-order valence-corrected chi connectivity index (χ2v) is 4.14. The third-order valence-corrected chi connectivity index (χ3v) is 2.32. The normalized spacial score (nSPS) is 13.5. The maximum atomic E-state index is 4.39. The summed E-state index contributed by atoms with van der Waals surface area (Å²) in [5, 5.41) is 3.52. The molecule has 0 fully saturated rings. The molecule has 14 heavy (non-hydrogen) atoms. The molecule has 0 aliphatic heterocycles. The highest BCUT2D eigenvalue weighted by Crippen LogP contribution is 2.19. The molecule has 1 atom stereocenters. The molecule has 1 aromatic heterocycles. The Morgan fingerprint density at radius 3 is 2.64 bits per heavy atom. The van der Waals surface area contributed by atoms with Gasteiger partial charge in [-0.25, -0.2) is 4.98 Å². The predicted octanol–water partition coefficient (Wildman–Crippen LogP) is 2.12. The number of aromatic nitrogens is 2. The average Bonchev–Trinajstić information content (AvgIpc) is 2.52. The van der Waals surface area contributed by atoms with E-state index in [9.17, 15) is 0 Å². The summed E-state index contributed by atoms with van der Waals surface area (Å²) in [5.74, 6) is 0.580. The summed E-state index contributed by atoms with van der Waals surface area (Å²) in [4.78, 5) is 4.39. The molecule has 0 radical (unpaired) electrons. The van der Waals surface area contributed by atoms with Crippen LogP contribution in [0.4, 0.5) is 0 Å². The smallest absolute Gasteiger partial charge is 0.0947 e. The molecule has 1 aromatic rings. The van der Waals surface area contributed by atoms with Crippen molar-refractivity contribution in [2.75, 3.05) is 6.54 Å². The third-order valence-electron chi connectivity index (χ3n) is 2.32. The van der Waals surface area contributed by atoms with Gasteiger partial charge in [0.2, 0.25) is 0 Å². The molecule has 3 heteroatoms. The van der Waals surface area contributed by atoms with Crippen molar-refractivity contribution in [3.05, 3.63) is 18.2 Å². The first-order valence-corrected chi connectivity index (χ1v) is 5.36. The zero-order valence-corrected chi connectivity index (χ0v) is 9.62. The summed E-state index contributed by atoms with van der Waals surface area (Å²) >= 11 is 0. The van der Waals surface area contributed by atoms with Crippen molar-refractivity contribution in [3.63, 3.8) is 0 Å². The Morgan fingerprint density at radius 1 is 1.50 bits per heavy atom. The van der Waals surface area contributed by atoms with E-state index in [0.717, 1.165) is 18.7 Å². The van der Waals surface area contributed by atoms with Crippen molar-refractivity contribution in [2.24, 2.45) is 13.0 Å². The summed E-state index contributed by atoms with van der Waals surface area (Å²) in [5.41, 5.74) is 1.15. The highest BCUT2D eigenvalue weighted by Gasteiger charge is 2.16. The van der Waals surface area contributed by atoms with Gasteiger partial charge in [-0.05, 0) is 18.9 Å². The van der Waals surface area contributed by atoms with E-state index in [0.29, 0.717) is 12.0 Å². The minimum absolute atomic E-state index is 0.385. The van der Waals surface area contributed by atoms with Crippen LogP contribution in [0, 0.1) is 5.92 Å². The van der Waals surface area contributed by atoms with E-state index < -0.39 is 0 Å². The van der Waals surface area contributed by atoms with Crippen LogP contribution >= 0.6 is 0 Å². The minimum Gasteiger partial charge on any atom is -0.340 e. The van der Waals surface area contributed by atoms with E-state index >= 15 is 0 Å². The van der Waals surface area contributed by atoms with Crippen LogP contribution in [-0.2, 0) is 7.05 Å². The summed E-state index contributed by atoms with van der Waals surface area (Å²) in [7, 11) is 2.01. The maximum Gasteiger partial charge on any atom is 0.0947 e. The first-order chi connectivity index (χ1) is 6.65. The molecule has 0 bridgehead atoms. The largest absolute Gasteiger partial charge is 0.340 e. The fourth-order valence-corrected chi connectivity index (χ4v) is 1.58. The van der Waals surface area contributed by atoms with E-state index in [4.69, 9.17) is 0 Å². The Balaban J connectivity index is 2.67. The van der Waals surface area contributed by atoms with Crippen LogP contribution < -0.4 is 5.32 Å². The first kappa shape index (κ1) is 11.2. The summed E-state index contributed by atoms with van der Waals surface area (Å²) in [6.45, 7) is 7.69. The summed E-state index contributed by atoms with van der Waals surface area (Å²) < 4.78 is 2.00. The van der Waals surface area contributed by atoms with Gasteiger partial charge in [0, 0.05) is 13.2 Å². The molecule has 80 valence electrons. The topological polar surface area (TPSA) is 29.9 Å². The van der Waals surface area contributed by atoms with Crippen molar-refractivity contribution in [1.29, 1.82) is 0 Å². The van der Waals surface area contributed by atoms with E-state index in [1.807, 2.05) is 17.9 Å². The van der Waals surface area contributed by atoms with Crippen LogP contribution in [0.15, 0.2) is 12.5 Å². The Kier molecular flexibility index (Phi) is 4.14. The molecule has 0 saturated carbocycles. The van der Waals surface area contributed by atoms with Crippen LogP contribution in [0.1, 0.15) is 38.9 Å². The van der Waals surface area contributed by atoms with Crippen molar-refractivity contribution in [1.82, 2.24) is 14.9 Å². The fourth-order valence-electron chi connectivity index (χ4n) is 1.58. The number of nitrogens with one attached hydrogen (secondary N) is 1. The zero-order valence-electron chi connectivity index (χ0n) is 9.62. The van der Waals surface area contributed by atoms with Crippen molar-refractivity contribution >= 4 is 0 Å². The molecule has 0 amide bonds. The Morgan fingerprint density at radius 2 is 2.21 bits per heavy atom. The predicted molar refractivity (Wildman–Crippen MR) is 59.1 cm³/mol. The molecule has 0 aliphatic carbocycles. The van der Waals surface area contributed by atoms with Crippen LogP contribution in [0.3, 0.4) is 0 Å². The number of rotatable bonds is 5. The SMILES string of the molecule is CCCNC(c1cn(C)cn1)C(C)C. The number of imidazole rings is 1. The average molecular weight is 195 g/mol. The number of aryl methyl sites for hydroxylation is 1. The Labute approximate surface area is 86.5 Å². The highest BCUT2D eigenvalue weighted by atomic mass is 15.0. The van der Waals surface area contributed by atoms with Crippen molar-refractivity contribution in [3.8, 4) is 0 Å². The third kappa shape index (κ3) is 2.84. The van der Waals surface area contributed by atoms with Gasteiger partial charge in [0.15, 0.2) is 0 Å². The van der Waals surface area contributed by atoms with Gasteiger partial charge in [-0.3, -0.25) is 0 Å². The second-order valence-electron chi connectivity index (χ2n) is 4.14. The van der Waals surface area contributed by atoms with Gasteiger partial charge in [0.1, 0.15) is 0 Å². The van der Waals surface area contributed by atoms with Crippen LogP contribution in [0.2, 0.25) is 0 Å². The fraction of sp³-hybridized carbons (Fsp3) is 0.727. The molecular formula is C11H21N3. The first-order valence-electron chi connectivity index (χ1n) is 5.36. The van der Waals surface area contributed by atoms with Crippen molar-refractivity contribution < 1.29 is 0 Å². The summed E-state index contributed by atoms with van der Waals surface area (Å²) in [6, 6.07) is 0.385. The quantitative estimate of drug-likeness (QED) is 0.780. The van der Waals surface area contributed by atoms with E-state index in [1.165, 1.54) is 0 Å². The van der Waals surface area contributed by atoms with Gasteiger partial charge in [-0.1, -0.05) is 20.8 Å². The zero-order chi connectivity index (χ0) is 10.6. The Bertz CT molecular complexity index is 265. The van der Waals surface area contributed by atoms with Gasteiger partial charge in [0.25, 0.3) is 0 Å². The van der Waals surface area contributed by atoms with Crippen LogP contribution in [0.25, 0.3) is 0 Å². The molecular weight excluding hydrogens is 174 g/mol. The lowest BCUT2D eigenvalue weighted by Crippen LogP contribution is -2.26. The summed E-state index contributed by atoms with van der Waals surface area (Å²) in [6.07, 6.45) is 5.11. The standard InChI is InChI=1S/C11H21N3/c1-5-6-12-11(9(2)3)10-7-14(4)8-13-10/h7-9,11-12H,5-6H2,1-4H3. The van der Waals surface area contributed by atoms with Crippen LogP contribution in [0.5, 0.6) is 0 Å². The molecule has 1 rings (SSSR count). The van der Waals surface area contributed by atoms with Gasteiger partial charge in [-0.15, -0.1) is 0 Å². The molecule has 0 saturated heterocycles. The molecule has 1 unspecified atom stereocenters. The van der Waals surface area contributed by atoms with Gasteiger partial charge >= 0.3 is 0 Å². The molecule has 1 N–H and O–H groups in total. The van der Waals surface area contributed by atoms with Gasteiger partial charge in [-0.2, -0.15) is 0 Å². The molecule has 1 heterocycles. The monoisotopic (exact) mass is 195 g/mol. The number of hydrogen-bond acceptors (Lipinski definition) is 2. The Hall–Kier alpha value is -0.830. The van der Waals surface area contributed by atoms with Gasteiger partial charge in [0.05, 0.1) is 18.1 Å². The van der Waals surface area contributed by atoms with Crippen LogP contribution in [-0.4, -0.2) is 16.1 Å².